The average Bonchev–Trinajstić information content (AvgIpc) is 3.34. The zero-order chi connectivity index (χ0) is 32.4. The van der Waals surface area contributed by atoms with Crippen LogP contribution in [-0.2, 0) is 6.54 Å². The van der Waals surface area contributed by atoms with E-state index in [0.29, 0.717) is 22.6 Å². The van der Waals surface area contributed by atoms with Crippen LogP contribution in [0.15, 0.2) is 36.7 Å². The standard InChI is InChI=1S/C22H20F3N5O3.C11H19N/c1-27-21(32)14-5-6-16(18(10-14)33-2)28-7-3-4-13-8-15(20(26)31)19-17(9-13)30(12-29-19)11-22(23,24)25;1-9-3-2-4-12(8-9)11-5-10(6-11)7-11/h5-6,8-10,12,28H,7,11H2,1-2H3,(H2,26,31)(H,27,32);9-10H,2-8H2,1H3/t;9-,10?,11?/m.1/s1. The molecule has 7 rings (SSSR count). The van der Waals surface area contributed by atoms with Gasteiger partial charge in [0.25, 0.3) is 11.8 Å². The van der Waals surface area contributed by atoms with Gasteiger partial charge in [0.15, 0.2) is 0 Å². The van der Waals surface area contributed by atoms with Crippen molar-refractivity contribution < 1.29 is 27.5 Å². The van der Waals surface area contributed by atoms with Crippen molar-refractivity contribution in [3.05, 3.63) is 53.3 Å². The summed E-state index contributed by atoms with van der Waals surface area (Å²) in [6, 6.07) is 7.67. The number of carbonyl (C=O) groups excluding carboxylic acids is 2. The molecule has 0 radical (unpaired) electrons. The maximum Gasteiger partial charge on any atom is 0.406 e. The Bertz CT molecular complexity index is 1620. The second kappa shape index (κ2) is 13.0. The molecule has 0 spiro atoms. The molecule has 9 nitrogen and oxygen atoms in total. The second-order valence-electron chi connectivity index (χ2n) is 12.3. The first kappa shape index (κ1) is 32.2. The Morgan fingerprint density at radius 3 is 2.56 bits per heavy atom. The Morgan fingerprint density at radius 1 is 1.20 bits per heavy atom. The SMILES string of the molecule is CNC(=O)c1ccc(NCC#Cc2cc(C(N)=O)c3ncn(CC(F)(F)F)c3c2)c(OC)c1.C[C@@H]1CCCN(C23CC(C2)C3)C1. The number of benzene rings is 2. The number of nitrogens with one attached hydrogen (secondary N) is 2. The molecule has 1 aliphatic heterocycles. The van der Waals surface area contributed by atoms with E-state index in [1.807, 2.05) is 0 Å². The molecule has 0 unspecified atom stereocenters. The van der Waals surface area contributed by atoms with Crippen LogP contribution in [0.1, 0.15) is 65.3 Å². The van der Waals surface area contributed by atoms with Crippen LogP contribution in [0.3, 0.4) is 0 Å². The van der Waals surface area contributed by atoms with Gasteiger partial charge in [0, 0.05) is 30.3 Å². The number of alkyl halides is 3. The van der Waals surface area contributed by atoms with E-state index >= 15 is 0 Å². The number of piperidine rings is 1. The van der Waals surface area contributed by atoms with Crippen molar-refractivity contribution in [1.29, 1.82) is 0 Å². The lowest BCUT2D eigenvalue weighted by Gasteiger charge is -2.67. The van der Waals surface area contributed by atoms with E-state index in [4.69, 9.17) is 10.5 Å². The Morgan fingerprint density at radius 2 is 1.96 bits per heavy atom. The van der Waals surface area contributed by atoms with Crippen molar-refractivity contribution in [3.8, 4) is 17.6 Å². The molecular formula is C33H39F3N6O3. The van der Waals surface area contributed by atoms with Crippen molar-refractivity contribution in [2.75, 3.05) is 39.1 Å². The van der Waals surface area contributed by atoms with Gasteiger partial charge < -0.3 is 25.7 Å². The quantitative estimate of drug-likeness (QED) is 0.326. The number of hydrogen-bond acceptors (Lipinski definition) is 6. The van der Waals surface area contributed by atoms with E-state index in [0.717, 1.165) is 28.3 Å². The van der Waals surface area contributed by atoms with E-state index < -0.39 is 18.6 Å². The molecule has 2 heterocycles. The van der Waals surface area contributed by atoms with Gasteiger partial charge in [-0.15, -0.1) is 0 Å². The van der Waals surface area contributed by atoms with E-state index in [1.54, 1.807) is 37.5 Å². The van der Waals surface area contributed by atoms with Gasteiger partial charge in [-0.1, -0.05) is 18.8 Å². The summed E-state index contributed by atoms with van der Waals surface area (Å²) in [4.78, 5) is 30.3. The molecule has 4 N–H and O–H groups in total. The molecule has 2 bridgehead atoms. The fourth-order valence-corrected chi connectivity index (χ4v) is 6.59. The highest BCUT2D eigenvalue weighted by atomic mass is 19.4. The number of hydrogen-bond donors (Lipinski definition) is 3. The highest BCUT2D eigenvalue weighted by molar-refractivity contribution is 6.04. The molecule has 240 valence electrons. The molecule has 1 atom stereocenters. The van der Waals surface area contributed by atoms with E-state index in [-0.39, 0.29) is 29.0 Å². The lowest BCUT2D eigenvalue weighted by atomic mass is 9.49. The number of ether oxygens (including phenoxy) is 1. The molecule has 2 aromatic carbocycles. The van der Waals surface area contributed by atoms with Crippen LogP contribution in [0.5, 0.6) is 5.75 Å². The average molecular weight is 625 g/mol. The monoisotopic (exact) mass is 624 g/mol. The lowest BCUT2D eigenvalue weighted by Crippen LogP contribution is -2.69. The number of amides is 2. The van der Waals surface area contributed by atoms with Crippen LogP contribution < -0.4 is 21.1 Å². The van der Waals surface area contributed by atoms with Crippen molar-refractivity contribution in [1.82, 2.24) is 19.8 Å². The first-order valence-corrected chi connectivity index (χ1v) is 15.1. The number of aromatic nitrogens is 2. The zero-order valence-electron chi connectivity index (χ0n) is 25.8. The molecular weight excluding hydrogens is 585 g/mol. The van der Waals surface area contributed by atoms with Gasteiger partial charge in [-0.2, -0.15) is 13.2 Å². The van der Waals surface area contributed by atoms with Crippen molar-refractivity contribution >= 4 is 28.5 Å². The van der Waals surface area contributed by atoms with Gasteiger partial charge in [0.05, 0.1) is 36.7 Å². The molecule has 3 aliphatic carbocycles. The number of halogens is 3. The van der Waals surface area contributed by atoms with Gasteiger partial charge in [-0.25, -0.2) is 4.98 Å². The van der Waals surface area contributed by atoms with E-state index in [2.05, 4.69) is 39.3 Å². The van der Waals surface area contributed by atoms with Crippen LogP contribution in [0.25, 0.3) is 11.0 Å². The number of nitrogens with two attached hydrogens (primary N) is 1. The number of likely N-dealkylation sites (tertiary alicyclic amines) is 1. The van der Waals surface area contributed by atoms with Crippen LogP contribution in [0, 0.1) is 23.7 Å². The number of rotatable bonds is 7. The number of anilines is 1. The summed E-state index contributed by atoms with van der Waals surface area (Å²) in [5.74, 6) is 7.12. The fraction of sp³-hybridized carbons (Fsp3) is 0.485. The summed E-state index contributed by atoms with van der Waals surface area (Å²) in [6.07, 6.45) is 4.10. The predicted molar refractivity (Wildman–Crippen MR) is 166 cm³/mol. The van der Waals surface area contributed by atoms with E-state index in [1.165, 1.54) is 52.2 Å². The molecule has 4 fully saturated rings. The maximum atomic E-state index is 12.9. The Hall–Kier alpha value is -4.24. The summed E-state index contributed by atoms with van der Waals surface area (Å²) in [7, 11) is 2.98. The number of imidazole rings is 1. The molecule has 1 aromatic heterocycles. The Balaban J connectivity index is 0.000000273. The summed E-state index contributed by atoms with van der Waals surface area (Å²) in [5.41, 5.74) is 7.62. The van der Waals surface area contributed by atoms with Crippen LogP contribution in [-0.4, -0.2) is 71.8 Å². The van der Waals surface area contributed by atoms with E-state index in [9.17, 15) is 22.8 Å². The second-order valence-corrected chi connectivity index (χ2v) is 12.3. The van der Waals surface area contributed by atoms with Gasteiger partial charge >= 0.3 is 6.18 Å². The number of methoxy groups -OCH3 is 1. The molecule has 3 aromatic rings. The van der Waals surface area contributed by atoms with Crippen LogP contribution >= 0.6 is 0 Å². The minimum Gasteiger partial charge on any atom is -0.495 e. The number of nitrogens with zero attached hydrogens (tertiary/aromatic N) is 3. The smallest absolute Gasteiger partial charge is 0.406 e. The zero-order valence-corrected chi connectivity index (χ0v) is 25.8. The summed E-state index contributed by atoms with van der Waals surface area (Å²) >= 11 is 0. The number of primary amides is 1. The minimum absolute atomic E-state index is 0.0165. The molecule has 2 amide bonds. The Kier molecular flexibility index (Phi) is 9.30. The molecule has 3 saturated carbocycles. The number of fused-ring (bicyclic) bond motifs is 1. The maximum absolute atomic E-state index is 12.9. The molecule has 12 heteroatoms. The third kappa shape index (κ3) is 7.20. The molecule has 1 saturated heterocycles. The van der Waals surface area contributed by atoms with Crippen LogP contribution in [0.4, 0.5) is 18.9 Å². The Labute approximate surface area is 260 Å². The third-order valence-corrected chi connectivity index (χ3v) is 8.97. The highest BCUT2D eigenvalue weighted by Crippen LogP contribution is 2.61. The fourth-order valence-electron chi connectivity index (χ4n) is 6.59. The van der Waals surface area contributed by atoms with Gasteiger partial charge in [0.2, 0.25) is 0 Å². The predicted octanol–water partition coefficient (Wildman–Crippen LogP) is 4.80. The summed E-state index contributed by atoms with van der Waals surface area (Å²) in [5, 5.41) is 5.57. The molecule has 45 heavy (non-hydrogen) atoms. The lowest BCUT2D eigenvalue weighted by molar-refractivity contribution is -0.154. The first-order valence-electron chi connectivity index (χ1n) is 15.1. The van der Waals surface area contributed by atoms with Crippen LogP contribution in [0.2, 0.25) is 0 Å². The summed E-state index contributed by atoms with van der Waals surface area (Å²) < 4.78 is 44.8. The highest BCUT2D eigenvalue weighted by Gasteiger charge is 2.59. The first-order chi connectivity index (χ1) is 21.4. The third-order valence-electron chi connectivity index (χ3n) is 8.97. The van der Waals surface area contributed by atoms with Crippen molar-refractivity contribution in [2.45, 2.75) is 57.3 Å². The van der Waals surface area contributed by atoms with Crippen molar-refractivity contribution in [3.63, 3.8) is 0 Å². The summed E-state index contributed by atoms with van der Waals surface area (Å²) in [6.45, 7) is 4.11. The van der Waals surface area contributed by atoms with Gasteiger partial charge in [-0.3, -0.25) is 14.5 Å². The van der Waals surface area contributed by atoms with Crippen molar-refractivity contribution in [2.24, 2.45) is 17.6 Å². The minimum atomic E-state index is -4.46. The largest absolute Gasteiger partial charge is 0.495 e. The normalized spacial score (nSPS) is 22.1. The van der Waals surface area contributed by atoms with Gasteiger partial charge in [0.1, 0.15) is 17.8 Å². The molecule has 4 aliphatic rings. The topological polar surface area (TPSA) is 115 Å². The number of carbonyl (C=O) groups is 2. The van der Waals surface area contributed by atoms with Gasteiger partial charge in [-0.05, 0) is 80.8 Å².